The summed E-state index contributed by atoms with van der Waals surface area (Å²) in [7, 11) is 2.18. The molecule has 0 aliphatic carbocycles. The molecule has 1 aliphatic rings. The molecule has 1 heterocycles. The molecule has 0 saturated carbocycles. The van der Waals surface area contributed by atoms with E-state index in [0.717, 1.165) is 32.6 Å². The second-order valence-electron chi connectivity index (χ2n) is 8.15. The van der Waals surface area contributed by atoms with Crippen LogP contribution in [0.5, 0.6) is 0 Å². The molecule has 0 unspecified atom stereocenters. The van der Waals surface area contributed by atoms with Gasteiger partial charge < -0.3 is 15.5 Å². The van der Waals surface area contributed by atoms with Crippen molar-refractivity contribution in [2.45, 2.75) is 25.3 Å². The van der Waals surface area contributed by atoms with Gasteiger partial charge in [-0.1, -0.05) is 48.5 Å². The summed E-state index contributed by atoms with van der Waals surface area (Å²) >= 11 is 0. The van der Waals surface area contributed by atoms with Crippen molar-refractivity contribution >= 4 is 11.8 Å². The van der Waals surface area contributed by atoms with Crippen LogP contribution in [0.2, 0.25) is 0 Å². The highest BCUT2D eigenvalue weighted by atomic mass is 16.2. The van der Waals surface area contributed by atoms with Gasteiger partial charge in [-0.25, -0.2) is 0 Å². The number of piperazine rings is 1. The fourth-order valence-corrected chi connectivity index (χ4v) is 3.96. The van der Waals surface area contributed by atoms with E-state index in [0.29, 0.717) is 37.5 Å². The van der Waals surface area contributed by atoms with Gasteiger partial charge >= 0.3 is 0 Å². The highest BCUT2D eigenvalue weighted by molar-refractivity contribution is 5.94. The fraction of sp³-hybridized carbons (Fsp3) is 0.440. The van der Waals surface area contributed by atoms with Crippen LogP contribution in [0.25, 0.3) is 0 Å². The summed E-state index contributed by atoms with van der Waals surface area (Å²) in [5, 5.41) is 5.88. The summed E-state index contributed by atoms with van der Waals surface area (Å²) in [6.45, 7) is 5.31. The number of nitrogens with one attached hydrogen (secondary N) is 2. The molecule has 6 heteroatoms. The van der Waals surface area contributed by atoms with Crippen LogP contribution in [0.15, 0.2) is 60.7 Å². The van der Waals surface area contributed by atoms with E-state index in [4.69, 9.17) is 0 Å². The van der Waals surface area contributed by atoms with Gasteiger partial charge in [-0.05, 0) is 37.6 Å². The van der Waals surface area contributed by atoms with Crippen molar-refractivity contribution < 1.29 is 9.59 Å². The van der Waals surface area contributed by atoms with Crippen molar-refractivity contribution in [2.24, 2.45) is 0 Å². The average molecular weight is 423 g/mol. The lowest BCUT2D eigenvalue weighted by molar-refractivity contribution is -0.121. The summed E-state index contributed by atoms with van der Waals surface area (Å²) in [5.74, 6) is -0.0481. The van der Waals surface area contributed by atoms with Crippen molar-refractivity contribution in [3.05, 3.63) is 71.8 Å². The smallest absolute Gasteiger partial charge is 0.251 e. The lowest BCUT2D eigenvalue weighted by Gasteiger charge is -2.40. The van der Waals surface area contributed by atoms with Crippen molar-refractivity contribution in [1.82, 2.24) is 20.4 Å². The van der Waals surface area contributed by atoms with E-state index >= 15 is 0 Å². The van der Waals surface area contributed by atoms with Crippen LogP contribution in [0.1, 0.15) is 41.2 Å². The highest BCUT2D eigenvalue weighted by Gasteiger charge is 2.25. The Hall–Kier alpha value is -2.70. The third kappa shape index (κ3) is 7.49. The maximum atomic E-state index is 12.1. The SMILES string of the molecule is CN1CCN(CCCNC(=O)CCCNC(=O)c2ccccc2)[C@H](c2ccccc2)C1. The molecular weight excluding hydrogens is 388 g/mol. The van der Waals surface area contributed by atoms with Gasteiger partial charge in [0.2, 0.25) is 5.91 Å². The van der Waals surface area contributed by atoms with Crippen LogP contribution < -0.4 is 10.6 Å². The van der Waals surface area contributed by atoms with Gasteiger partial charge in [-0.2, -0.15) is 0 Å². The lowest BCUT2D eigenvalue weighted by Crippen LogP contribution is -2.47. The van der Waals surface area contributed by atoms with Crippen molar-refractivity contribution in [2.75, 3.05) is 46.3 Å². The number of benzene rings is 2. The number of nitrogens with zero attached hydrogens (tertiary/aromatic N) is 2. The van der Waals surface area contributed by atoms with E-state index in [2.05, 4.69) is 57.8 Å². The summed E-state index contributed by atoms with van der Waals surface area (Å²) in [5.41, 5.74) is 2.00. The molecule has 0 radical (unpaired) electrons. The molecule has 1 aliphatic heterocycles. The minimum absolute atomic E-state index is 0.0481. The second kappa shape index (κ2) is 12.2. The zero-order valence-corrected chi connectivity index (χ0v) is 18.4. The fourth-order valence-electron chi connectivity index (χ4n) is 3.96. The van der Waals surface area contributed by atoms with Gasteiger partial charge in [0.15, 0.2) is 0 Å². The first-order chi connectivity index (χ1) is 15.1. The normalized spacial score (nSPS) is 17.3. The summed E-state index contributed by atoms with van der Waals surface area (Å²) < 4.78 is 0. The van der Waals surface area contributed by atoms with Crippen molar-refractivity contribution in [3.8, 4) is 0 Å². The lowest BCUT2D eigenvalue weighted by atomic mass is 10.0. The molecule has 2 N–H and O–H groups in total. The molecule has 1 atom stereocenters. The first-order valence-corrected chi connectivity index (χ1v) is 11.2. The van der Waals surface area contributed by atoms with Gasteiger partial charge in [0.25, 0.3) is 5.91 Å². The molecule has 1 saturated heterocycles. The van der Waals surface area contributed by atoms with Gasteiger partial charge in [-0.15, -0.1) is 0 Å². The molecule has 2 amide bonds. The third-order valence-corrected chi connectivity index (χ3v) is 5.73. The summed E-state index contributed by atoms with van der Waals surface area (Å²) in [6, 6.07) is 20.2. The topological polar surface area (TPSA) is 64.7 Å². The minimum Gasteiger partial charge on any atom is -0.356 e. The molecule has 1 fully saturated rings. The van der Waals surface area contributed by atoms with E-state index in [-0.39, 0.29) is 11.8 Å². The Bertz CT molecular complexity index is 813. The van der Waals surface area contributed by atoms with Gasteiger partial charge in [0, 0.05) is 57.3 Å². The van der Waals surface area contributed by atoms with Gasteiger partial charge in [-0.3, -0.25) is 14.5 Å². The number of hydrogen-bond acceptors (Lipinski definition) is 4. The van der Waals surface area contributed by atoms with E-state index in [1.54, 1.807) is 12.1 Å². The van der Waals surface area contributed by atoms with Gasteiger partial charge in [0.1, 0.15) is 0 Å². The maximum Gasteiger partial charge on any atom is 0.251 e. The number of likely N-dealkylation sites (N-methyl/N-ethyl adjacent to an activating group) is 1. The Morgan fingerprint density at radius 3 is 2.32 bits per heavy atom. The van der Waals surface area contributed by atoms with Crippen LogP contribution >= 0.6 is 0 Å². The number of amides is 2. The van der Waals surface area contributed by atoms with Crippen LogP contribution in [0, 0.1) is 0 Å². The molecule has 6 nitrogen and oxygen atoms in total. The molecular formula is C25H34N4O2. The predicted molar refractivity (Wildman–Crippen MR) is 124 cm³/mol. The van der Waals surface area contributed by atoms with Gasteiger partial charge in [0.05, 0.1) is 0 Å². The van der Waals surface area contributed by atoms with Crippen molar-refractivity contribution in [3.63, 3.8) is 0 Å². The quantitative estimate of drug-likeness (QED) is 0.578. The number of rotatable bonds is 10. The van der Waals surface area contributed by atoms with E-state index < -0.39 is 0 Å². The zero-order chi connectivity index (χ0) is 21.9. The highest BCUT2D eigenvalue weighted by Crippen LogP contribution is 2.24. The summed E-state index contributed by atoms with van der Waals surface area (Å²) in [6.07, 6.45) is 2.00. The van der Waals surface area contributed by atoms with E-state index in [1.165, 1.54) is 5.56 Å². The minimum atomic E-state index is -0.0962. The Morgan fingerprint density at radius 1 is 0.903 bits per heavy atom. The Kier molecular flexibility index (Phi) is 9.06. The second-order valence-corrected chi connectivity index (χ2v) is 8.15. The van der Waals surface area contributed by atoms with E-state index in [1.807, 2.05) is 18.2 Å². The Balaban J connectivity index is 1.30. The first-order valence-electron chi connectivity index (χ1n) is 11.2. The molecule has 31 heavy (non-hydrogen) atoms. The number of carbonyl (C=O) groups excluding carboxylic acids is 2. The number of carbonyl (C=O) groups is 2. The largest absolute Gasteiger partial charge is 0.356 e. The Labute approximate surface area is 185 Å². The number of hydrogen-bond donors (Lipinski definition) is 2. The molecule has 2 aromatic carbocycles. The van der Waals surface area contributed by atoms with Crippen LogP contribution in [-0.4, -0.2) is 67.9 Å². The van der Waals surface area contributed by atoms with Crippen LogP contribution in [0.3, 0.4) is 0 Å². The van der Waals surface area contributed by atoms with Crippen LogP contribution in [-0.2, 0) is 4.79 Å². The predicted octanol–water partition coefficient (Wildman–Crippen LogP) is 2.69. The molecule has 0 aromatic heterocycles. The Morgan fingerprint density at radius 2 is 1.58 bits per heavy atom. The average Bonchev–Trinajstić information content (AvgIpc) is 2.81. The first kappa shape index (κ1) is 23.0. The zero-order valence-electron chi connectivity index (χ0n) is 18.4. The molecule has 166 valence electrons. The summed E-state index contributed by atoms with van der Waals surface area (Å²) in [4.78, 5) is 29.0. The molecule has 0 spiro atoms. The van der Waals surface area contributed by atoms with E-state index in [9.17, 15) is 9.59 Å². The van der Waals surface area contributed by atoms with Crippen LogP contribution in [0.4, 0.5) is 0 Å². The molecule has 2 aromatic rings. The monoisotopic (exact) mass is 422 g/mol. The molecule has 0 bridgehead atoms. The molecule has 3 rings (SSSR count). The third-order valence-electron chi connectivity index (χ3n) is 5.73. The standard InChI is InChI=1S/C25H34N4O2/c1-28-18-19-29(23(20-28)21-10-4-2-5-11-21)17-9-16-26-24(30)14-8-15-27-25(31)22-12-6-3-7-13-22/h2-7,10-13,23H,8-9,14-20H2,1H3,(H,26,30)(H,27,31)/t23-/m0/s1. The van der Waals surface area contributed by atoms with Crippen molar-refractivity contribution in [1.29, 1.82) is 0 Å². The maximum absolute atomic E-state index is 12.1.